The maximum atomic E-state index is 15.2. The number of carbonyl (C=O) groups excluding carboxylic acids is 1. The largest absolute Gasteiger partial charge is 0.423 e. The number of hydrogen-bond acceptors (Lipinski definition) is 2. The van der Waals surface area contributed by atoms with E-state index in [2.05, 4.69) is 20.8 Å². The zero-order valence-electron chi connectivity index (χ0n) is 16.5. The van der Waals surface area contributed by atoms with E-state index in [1.165, 1.54) is 38.5 Å². The molecule has 0 bridgehead atoms. The molecule has 2 atom stereocenters. The van der Waals surface area contributed by atoms with Gasteiger partial charge in [0.2, 0.25) is 0 Å². The summed E-state index contributed by atoms with van der Waals surface area (Å²) in [6, 6.07) is 3.93. The van der Waals surface area contributed by atoms with Crippen LogP contribution >= 0.6 is 0 Å². The van der Waals surface area contributed by atoms with E-state index >= 15 is 4.39 Å². The van der Waals surface area contributed by atoms with Crippen LogP contribution < -0.4 is 4.74 Å². The molecule has 1 aliphatic carbocycles. The summed E-state index contributed by atoms with van der Waals surface area (Å²) < 4.78 is 20.6. The third-order valence-electron chi connectivity index (χ3n) is 6.63. The molecule has 0 aromatic heterocycles. The zero-order chi connectivity index (χ0) is 18.7. The summed E-state index contributed by atoms with van der Waals surface area (Å²) in [5, 5.41) is 0. The number of benzene rings is 1. The number of rotatable bonds is 6. The topological polar surface area (TPSA) is 26.3 Å². The van der Waals surface area contributed by atoms with Crippen LogP contribution in [0.5, 0.6) is 5.75 Å². The number of ether oxygens (including phenoxy) is 1. The van der Waals surface area contributed by atoms with Crippen molar-refractivity contribution in [3.63, 3.8) is 0 Å². The molecule has 0 saturated heterocycles. The lowest BCUT2D eigenvalue weighted by Crippen LogP contribution is -2.29. The molecular weight excluding hydrogens is 327 g/mol. The van der Waals surface area contributed by atoms with E-state index in [4.69, 9.17) is 4.74 Å². The van der Waals surface area contributed by atoms with Crippen LogP contribution in [-0.2, 0) is 11.2 Å². The molecule has 3 heteroatoms. The van der Waals surface area contributed by atoms with Crippen LogP contribution in [0.2, 0.25) is 0 Å². The van der Waals surface area contributed by atoms with Gasteiger partial charge in [-0.2, -0.15) is 0 Å². The molecule has 0 N–H and O–H groups in total. The second-order valence-corrected chi connectivity index (χ2v) is 8.43. The fourth-order valence-electron chi connectivity index (χ4n) is 4.97. The number of fused-ring (bicyclic) bond motifs is 1. The second kappa shape index (κ2) is 8.54. The van der Waals surface area contributed by atoms with Gasteiger partial charge in [0.1, 0.15) is 0 Å². The smallest absolute Gasteiger partial charge is 0.314 e. The standard InChI is InChI=1S/C23H33FO2/c1-4-6-16-8-10-17(11-9-16)15(3)20-13-12-18-14-19(7-5-2)23(25)26-22(18)21(20)24/h12-13,15-17,19H,4-11,14H2,1-3H3. The Morgan fingerprint density at radius 3 is 2.46 bits per heavy atom. The lowest BCUT2D eigenvalue weighted by Gasteiger charge is -2.33. The number of hydrogen-bond donors (Lipinski definition) is 0. The first kappa shape index (κ1) is 19.4. The van der Waals surface area contributed by atoms with Crippen molar-refractivity contribution in [1.29, 1.82) is 0 Å². The third kappa shape index (κ3) is 3.97. The maximum absolute atomic E-state index is 15.2. The normalized spacial score (nSPS) is 26.9. The Morgan fingerprint density at radius 2 is 1.81 bits per heavy atom. The number of esters is 1. The molecule has 2 nitrogen and oxygen atoms in total. The first-order valence-electron chi connectivity index (χ1n) is 10.6. The van der Waals surface area contributed by atoms with Gasteiger partial charge in [-0.15, -0.1) is 0 Å². The highest BCUT2D eigenvalue weighted by Gasteiger charge is 2.33. The minimum Gasteiger partial charge on any atom is -0.423 e. The van der Waals surface area contributed by atoms with Gasteiger partial charge in [0.05, 0.1) is 5.92 Å². The van der Waals surface area contributed by atoms with E-state index in [0.29, 0.717) is 12.3 Å². The molecule has 1 heterocycles. The van der Waals surface area contributed by atoms with Crippen LogP contribution in [-0.4, -0.2) is 5.97 Å². The summed E-state index contributed by atoms with van der Waals surface area (Å²) in [5.41, 5.74) is 1.58. The Balaban J connectivity index is 1.74. The molecular formula is C23H33FO2. The van der Waals surface area contributed by atoms with E-state index < -0.39 is 0 Å². The van der Waals surface area contributed by atoms with Gasteiger partial charge in [0.15, 0.2) is 11.6 Å². The van der Waals surface area contributed by atoms with Crippen LogP contribution in [0.4, 0.5) is 4.39 Å². The SMILES string of the molecule is CCCC1CCC(C(C)c2ccc3c(c2F)OC(=O)C(CCC)C3)CC1. The Labute approximate surface area is 157 Å². The van der Waals surface area contributed by atoms with Crippen LogP contribution in [0.1, 0.15) is 89.2 Å². The van der Waals surface area contributed by atoms with Gasteiger partial charge in [0, 0.05) is 0 Å². The first-order chi connectivity index (χ1) is 12.5. The van der Waals surface area contributed by atoms with Crippen molar-refractivity contribution in [2.45, 2.75) is 84.5 Å². The second-order valence-electron chi connectivity index (χ2n) is 8.43. The molecule has 3 rings (SSSR count). The highest BCUT2D eigenvalue weighted by Crippen LogP contribution is 2.43. The van der Waals surface area contributed by atoms with E-state index in [1.54, 1.807) is 0 Å². The predicted molar refractivity (Wildman–Crippen MR) is 103 cm³/mol. The fourth-order valence-corrected chi connectivity index (χ4v) is 4.97. The molecule has 144 valence electrons. The average molecular weight is 361 g/mol. The van der Waals surface area contributed by atoms with Crippen LogP contribution in [0, 0.1) is 23.6 Å². The summed E-state index contributed by atoms with van der Waals surface area (Å²) in [4.78, 5) is 12.2. The highest BCUT2D eigenvalue weighted by atomic mass is 19.1. The van der Waals surface area contributed by atoms with Crippen LogP contribution in [0.25, 0.3) is 0 Å². The average Bonchev–Trinajstić information content (AvgIpc) is 2.64. The first-order valence-corrected chi connectivity index (χ1v) is 10.6. The molecule has 1 saturated carbocycles. The number of carbonyl (C=O) groups is 1. The van der Waals surface area contributed by atoms with Crippen molar-refractivity contribution in [1.82, 2.24) is 0 Å². The van der Waals surface area contributed by atoms with Crippen molar-refractivity contribution < 1.29 is 13.9 Å². The molecule has 26 heavy (non-hydrogen) atoms. The Kier molecular flexibility index (Phi) is 6.37. The molecule has 2 unspecified atom stereocenters. The van der Waals surface area contributed by atoms with Gasteiger partial charge in [-0.05, 0) is 54.6 Å². The predicted octanol–water partition coefficient (Wildman–Crippen LogP) is 6.41. The Hall–Kier alpha value is -1.38. The molecule has 0 spiro atoms. The molecule has 1 aromatic rings. The Bertz CT molecular complexity index is 631. The summed E-state index contributed by atoms with van der Waals surface area (Å²) in [6.45, 7) is 6.45. The zero-order valence-corrected chi connectivity index (χ0v) is 16.5. The molecule has 0 amide bonds. The minimum absolute atomic E-state index is 0.121. The van der Waals surface area contributed by atoms with Crippen molar-refractivity contribution in [3.05, 3.63) is 29.1 Å². The van der Waals surface area contributed by atoms with Gasteiger partial charge in [-0.3, -0.25) is 4.79 Å². The molecule has 1 aliphatic heterocycles. The van der Waals surface area contributed by atoms with Gasteiger partial charge in [-0.25, -0.2) is 4.39 Å². The highest BCUT2D eigenvalue weighted by molar-refractivity contribution is 5.78. The molecule has 1 aromatic carbocycles. The van der Waals surface area contributed by atoms with Gasteiger partial charge in [0.25, 0.3) is 0 Å². The quantitative estimate of drug-likeness (QED) is 0.432. The van der Waals surface area contributed by atoms with Crippen molar-refractivity contribution >= 4 is 5.97 Å². The lowest BCUT2D eigenvalue weighted by atomic mass is 9.73. The van der Waals surface area contributed by atoms with E-state index in [0.717, 1.165) is 29.9 Å². The van der Waals surface area contributed by atoms with E-state index in [-0.39, 0.29) is 29.4 Å². The summed E-state index contributed by atoms with van der Waals surface area (Å²) in [7, 11) is 0. The van der Waals surface area contributed by atoms with Gasteiger partial charge in [-0.1, -0.05) is 65.0 Å². The summed E-state index contributed by atoms with van der Waals surface area (Å²) in [5.74, 6) is 1.08. The van der Waals surface area contributed by atoms with Gasteiger partial charge >= 0.3 is 5.97 Å². The lowest BCUT2D eigenvalue weighted by molar-refractivity contribution is -0.140. The van der Waals surface area contributed by atoms with E-state index in [1.807, 2.05) is 12.1 Å². The Morgan fingerprint density at radius 1 is 1.12 bits per heavy atom. The molecule has 1 fully saturated rings. The van der Waals surface area contributed by atoms with Crippen LogP contribution in [0.3, 0.4) is 0 Å². The summed E-state index contributed by atoms with van der Waals surface area (Å²) in [6.07, 6.45) is 9.83. The molecule has 0 radical (unpaired) electrons. The minimum atomic E-state index is -0.297. The van der Waals surface area contributed by atoms with Crippen LogP contribution in [0.15, 0.2) is 12.1 Å². The number of halogens is 1. The monoisotopic (exact) mass is 360 g/mol. The fraction of sp³-hybridized carbons (Fsp3) is 0.696. The molecule has 2 aliphatic rings. The summed E-state index contributed by atoms with van der Waals surface area (Å²) >= 11 is 0. The van der Waals surface area contributed by atoms with Crippen molar-refractivity contribution in [2.75, 3.05) is 0 Å². The van der Waals surface area contributed by atoms with E-state index in [9.17, 15) is 4.79 Å². The van der Waals surface area contributed by atoms with Gasteiger partial charge < -0.3 is 4.74 Å². The van der Waals surface area contributed by atoms with Crippen molar-refractivity contribution in [2.24, 2.45) is 17.8 Å². The van der Waals surface area contributed by atoms with Crippen molar-refractivity contribution in [3.8, 4) is 5.75 Å². The maximum Gasteiger partial charge on any atom is 0.314 e. The third-order valence-corrected chi connectivity index (χ3v) is 6.63.